The Bertz CT molecular complexity index is 547. The lowest BCUT2D eigenvalue weighted by molar-refractivity contribution is 0.813. The van der Waals surface area contributed by atoms with Crippen molar-refractivity contribution in [2.24, 2.45) is 0 Å². The fourth-order valence-corrected chi connectivity index (χ4v) is 2.36. The minimum Gasteiger partial charge on any atom is -0.316 e. The standard InChI is InChI=1S/C17H22N2/c1-4-13-6-7-15(5-2)17(9-13)16-8-14(10-18-3)11-19-12-16/h6-9,11-12,18H,4-5,10H2,1-3H3. The predicted octanol–water partition coefficient (Wildman–Crippen LogP) is 3.59. The second-order valence-electron chi connectivity index (χ2n) is 4.81. The van der Waals surface area contributed by atoms with Gasteiger partial charge in [-0.3, -0.25) is 4.98 Å². The van der Waals surface area contributed by atoms with E-state index in [1.807, 2.05) is 19.4 Å². The van der Waals surface area contributed by atoms with Crippen LogP contribution in [0.25, 0.3) is 11.1 Å². The van der Waals surface area contributed by atoms with Crippen LogP contribution in [-0.4, -0.2) is 12.0 Å². The zero-order valence-electron chi connectivity index (χ0n) is 12.0. The molecule has 0 bridgehead atoms. The Morgan fingerprint density at radius 3 is 2.53 bits per heavy atom. The summed E-state index contributed by atoms with van der Waals surface area (Å²) in [4.78, 5) is 4.37. The van der Waals surface area contributed by atoms with Gasteiger partial charge in [0.25, 0.3) is 0 Å². The maximum Gasteiger partial charge on any atom is 0.0346 e. The minimum atomic E-state index is 0.857. The summed E-state index contributed by atoms with van der Waals surface area (Å²) >= 11 is 0. The Morgan fingerprint density at radius 1 is 1.00 bits per heavy atom. The molecule has 0 atom stereocenters. The van der Waals surface area contributed by atoms with Crippen molar-refractivity contribution in [2.75, 3.05) is 7.05 Å². The third-order valence-electron chi connectivity index (χ3n) is 3.45. The van der Waals surface area contributed by atoms with Crippen LogP contribution in [-0.2, 0) is 19.4 Å². The van der Waals surface area contributed by atoms with E-state index in [0.29, 0.717) is 0 Å². The first-order valence-corrected chi connectivity index (χ1v) is 6.99. The molecule has 100 valence electrons. The van der Waals surface area contributed by atoms with Gasteiger partial charge in [-0.15, -0.1) is 0 Å². The maximum atomic E-state index is 4.37. The van der Waals surface area contributed by atoms with Crippen LogP contribution in [0.15, 0.2) is 36.7 Å². The summed E-state index contributed by atoms with van der Waals surface area (Å²) in [6.45, 7) is 5.26. The van der Waals surface area contributed by atoms with Crippen LogP contribution in [0.4, 0.5) is 0 Å². The number of hydrogen-bond acceptors (Lipinski definition) is 2. The smallest absolute Gasteiger partial charge is 0.0346 e. The first-order chi connectivity index (χ1) is 9.28. The van der Waals surface area contributed by atoms with Gasteiger partial charge in [0.2, 0.25) is 0 Å². The van der Waals surface area contributed by atoms with Crippen molar-refractivity contribution in [3.63, 3.8) is 0 Å². The molecule has 0 amide bonds. The predicted molar refractivity (Wildman–Crippen MR) is 81.2 cm³/mol. The van der Waals surface area contributed by atoms with Gasteiger partial charge in [0.15, 0.2) is 0 Å². The van der Waals surface area contributed by atoms with Crippen molar-refractivity contribution in [1.29, 1.82) is 0 Å². The van der Waals surface area contributed by atoms with Crippen molar-refractivity contribution in [1.82, 2.24) is 10.3 Å². The lowest BCUT2D eigenvalue weighted by atomic mass is 9.95. The van der Waals surface area contributed by atoms with E-state index in [0.717, 1.165) is 19.4 Å². The molecule has 0 aliphatic heterocycles. The maximum absolute atomic E-state index is 4.37. The highest BCUT2D eigenvalue weighted by atomic mass is 14.8. The summed E-state index contributed by atoms with van der Waals surface area (Å²) in [5.74, 6) is 0. The van der Waals surface area contributed by atoms with Gasteiger partial charge in [0.05, 0.1) is 0 Å². The van der Waals surface area contributed by atoms with Gasteiger partial charge >= 0.3 is 0 Å². The molecule has 2 nitrogen and oxygen atoms in total. The zero-order valence-corrected chi connectivity index (χ0v) is 12.0. The third-order valence-corrected chi connectivity index (χ3v) is 3.45. The van der Waals surface area contributed by atoms with Gasteiger partial charge in [-0.2, -0.15) is 0 Å². The SMILES string of the molecule is CCc1ccc(CC)c(-c2cncc(CNC)c2)c1. The number of hydrogen-bond donors (Lipinski definition) is 1. The van der Waals surface area contributed by atoms with Crippen molar-refractivity contribution in [3.8, 4) is 11.1 Å². The average molecular weight is 254 g/mol. The van der Waals surface area contributed by atoms with Gasteiger partial charge in [0.1, 0.15) is 0 Å². The van der Waals surface area contributed by atoms with E-state index in [-0.39, 0.29) is 0 Å². The lowest BCUT2D eigenvalue weighted by Crippen LogP contribution is -2.05. The van der Waals surface area contributed by atoms with Crippen molar-refractivity contribution < 1.29 is 0 Å². The van der Waals surface area contributed by atoms with Crippen LogP contribution in [0.5, 0.6) is 0 Å². The van der Waals surface area contributed by atoms with Crippen molar-refractivity contribution in [3.05, 3.63) is 53.3 Å². The molecule has 2 heteroatoms. The molecular weight excluding hydrogens is 232 g/mol. The number of aryl methyl sites for hydroxylation is 2. The molecule has 0 radical (unpaired) electrons. The summed E-state index contributed by atoms with van der Waals surface area (Å²) in [5.41, 5.74) is 6.54. The van der Waals surface area contributed by atoms with Gasteiger partial charge in [-0.05, 0) is 48.2 Å². The van der Waals surface area contributed by atoms with Crippen LogP contribution in [0.2, 0.25) is 0 Å². The molecule has 1 heterocycles. The Labute approximate surface area is 115 Å². The molecule has 0 saturated heterocycles. The van der Waals surface area contributed by atoms with Gasteiger partial charge in [0, 0.05) is 24.5 Å². The quantitative estimate of drug-likeness (QED) is 0.882. The van der Waals surface area contributed by atoms with E-state index in [2.05, 4.69) is 48.4 Å². The molecule has 2 rings (SSSR count). The molecule has 0 aliphatic carbocycles. The second-order valence-corrected chi connectivity index (χ2v) is 4.81. The molecule has 0 saturated carbocycles. The lowest BCUT2D eigenvalue weighted by Gasteiger charge is -2.11. The Kier molecular flexibility index (Phi) is 4.69. The Morgan fingerprint density at radius 2 is 1.84 bits per heavy atom. The first kappa shape index (κ1) is 13.8. The summed E-state index contributed by atoms with van der Waals surface area (Å²) < 4.78 is 0. The highest BCUT2D eigenvalue weighted by Crippen LogP contribution is 2.26. The molecule has 1 aromatic carbocycles. The van der Waals surface area contributed by atoms with Crippen LogP contribution < -0.4 is 5.32 Å². The molecule has 0 unspecified atom stereocenters. The van der Waals surface area contributed by atoms with Crippen LogP contribution in [0.1, 0.15) is 30.5 Å². The third kappa shape index (κ3) is 3.21. The van der Waals surface area contributed by atoms with E-state index in [4.69, 9.17) is 0 Å². The Hall–Kier alpha value is -1.67. The van der Waals surface area contributed by atoms with Crippen LogP contribution >= 0.6 is 0 Å². The van der Waals surface area contributed by atoms with Gasteiger partial charge in [-0.1, -0.05) is 32.0 Å². The van der Waals surface area contributed by atoms with E-state index < -0.39 is 0 Å². The highest BCUT2D eigenvalue weighted by Gasteiger charge is 2.06. The van der Waals surface area contributed by atoms with E-state index >= 15 is 0 Å². The second kappa shape index (κ2) is 6.48. The summed E-state index contributed by atoms with van der Waals surface area (Å²) in [7, 11) is 1.96. The number of nitrogens with zero attached hydrogens (tertiary/aromatic N) is 1. The molecule has 2 aromatic rings. The van der Waals surface area contributed by atoms with E-state index in [1.165, 1.54) is 27.8 Å². The van der Waals surface area contributed by atoms with Crippen LogP contribution in [0, 0.1) is 0 Å². The molecule has 0 fully saturated rings. The summed E-state index contributed by atoms with van der Waals surface area (Å²) in [6, 6.07) is 9.02. The number of rotatable bonds is 5. The van der Waals surface area contributed by atoms with Gasteiger partial charge in [-0.25, -0.2) is 0 Å². The normalized spacial score (nSPS) is 10.7. The monoisotopic (exact) mass is 254 g/mol. The summed E-state index contributed by atoms with van der Waals surface area (Å²) in [6.07, 6.45) is 6.01. The largest absolute Gasteiger partial charge is 0.316 e. The minimum absolute atomic E-state index is 0.857. The highest BCUT2D eigenvalue weighted by molar-refractivity contribution is 5.68. The Balaban J connectivity index is 2.47. The van der Waals surface area contributed by atoms with Crippen molar-refractivity contribution >= 4 is 0 Å². The number of aromatic nitrogens is 1. The molecule has 1 N–H and O–H groups in total. The first-order valence-electron chi connectivity index (χ1n) is 6.99. The van der Waals surface area contributed by atoms with Crippen LogP contribution in [0.3, 0.4) is 0 Å². The molecular formula is C17H22N2. The van der Waals surface area contributed by atoms with E-state index in [9.17, 15) is 0 Å². The van der Waals surface area contributed by atoms with E-state index in [1.54, 1.807) is 0 Å². The van der Waals surface area contributed by atoms with Gasteiger partial charge < -0.3 is 5.32 Å². The average Bonchev–Trinajstić information content (AvgIpc) is 2.47. The fraction of sp³-hybridized carbons (Fsp3) is 0.353. The fourth-order valence-electron chi connectivity index (χ4n) is 2.36. The topological polar surface area (TPSA) is 24.9 Å². The zero-order chi connectivity index (χ0) is 13.7. The number of nitrogens with one attached hydrogen (secondary N) is 1. The molecule has 1 aromatic heterocycles. The molecule has 19 heavy (non-hydrogen) atoms. The summed E-state index contributed by atoms with van der Waals surface area (Å²) in [5, 5.41) is 3.17. The molecule has 0 aliphatic rings. The number of pyridine rings is 1. The molecule has 0 spiro atoms. The number of benzene rings is 1. The van der Waals surface area contributed by atoms with Crippen molar-refractivity contribution in [2.45, 2.75) is 33.2 Å².